The Labute approximate surface area is 306 Å². The number of imidazole rings is 4. The van der Waals surface area contributed by atoms with Crippen LogP contribution in [0.5, 0.6) is 0 Å². The molecule has 14 heteroatoms. The van der Waals surface area contributed by atoms with Crippen LogP contribution < -0.4 is 4.57 Å². The number of rotatable bonds is 4. The minimum absolute atomic E-state index is 0. The van der Waals surface area contributed by atoms with Gasteiger partial charge in [0.05, 0.1) is 65.9 Å². The molecule has 0 N–H and O–H groups in total. The molecule has 10 rings (SSSR count). The van der Waals surface area contributed by atoms with Crippen LogP contribution in [0.25, 0.3) is 77.8 Å². The summed E-state index contributed by atoms with van der Waals surface area (Å²) in [6, 6.07) is 10.6. The summed E-state index contributed by atoms with van der Waals surface area (Å²) < 4.78 is 31.8. The maximum Gasteiger partial charge on any atom is 2.00 e. The van der Waals surface area contributed by atoms with Gasteiger partial charge in [-0.15, -0.1) is 18.3 Å². The van der Waals surface area contributed by atoms with E-state index in [0.29, 0.717) is 16.7 Å². The summed E-state index contributed by atoms with van der Waals surface area (Å²) in [4.78, 5) is 12.6. The van der Waals surface area contributed by atoms with E-state index in [1.165, 1.54) is 0 Å². The van der Waals surface area contributed by atoms with Crippen molar-refractivity contribution in [1.29, 1.82) is 0 Å². The SMILES string of the molecule is Cn1[c-]nc(-c2coc3cc4occ(-n5[c-][n+](C)cc5)c4[c-]c23)c1.Cn1cnc(-c2coc3cc4occ(-n5[c-]ncc5)c4[c-]c23)c1.[Pt+2].[Pt]. The first kappa shape index (κ1) is 32.4. The summed E-state index contributed by atoms with van der Waals surface area (Å²) in [7, 11) is 5.74. The van der Waals surface area contributed by atoms with Gasteiger partial charge in [-0.2, -0.15) is 0 Å². The van der Waals surface area contributed by atoms with Gasteiger partial charge in [-0.3, -0.25) is 0 Å². The van der Waals surface area contributed by atoms with Gasteiger partial charge < -0.3 is 50.5 Å². The third-order valence-corrected chi connectivity index (χ3v) is 7.84. The molecule has 0 fully saturated rings. The molecule has 0 bridgehead atoms. The number of aryl methyl sites for hydroxylation is 3. The number of fused-ring (bicyclic) bond motifs is 4. The van der Waals surface area contributed by atoms with Crippen molar-refractivity contribution in [2.24, 2.45) is 21.1 Å². The van der Waals surface area contributed by atoms with Crippen LogP contribution >= 0.6 is 0 Å². The second-order valence-corrected chi connectivity index (χ2v) is 11.1. The average molecular weight is 1010 g/mol. The minimum Gasteiger partial charge on any atom is -0.508 e. The monoisotopic (exact) mass is 1010 g/mol. The van der Waals surface area contributed by atoms with E-state index < -0.39 is 0 Å². The largest absolute Gasteiger partial charge is 2.00 e. The Morgan fingerprint density at radius 3 is 1.86 bits per heavy atom. The molecule has 248 valence electrons. The van der Waals surface area contributed by atoms with Crippen molar-refractivity contribution in [1.82, 2.24) is 33.2 Å². The molecule has 0 saturated carbocycles. The average Bonchev–Trinajstić information content (AvgIpc) is 3.90. The molecule has 49 heavy (non-hydrogen) atoms. The summed E-state index contributed by atoms with van der Waals surface area (Å²) in [5, 5.41) is 3.47. The molecule has 0 radical (unpaired) electrons. The van der Waals surface area contributed by atoms with Crippen molar-refractivity contribution in [2.75, 3.05) is 0 Å². The molecular weight excluding hydrogens is 987 g/mol. The van der Waals surface area contributed by atoms with Gasteiger partial charge in [-0.25, -0.2) is 4.98 Å². The quantitative estimate of drug-likeness (QED) is 0.158. The zero-order valence-corrected chi connectivity index (χ0v) is 30.4. The van der Waals surface area contributed by atoms with E-state index in [1.807, 2.05) is 78.0 Å². The summed E-state index contributed by atoms with van der Waals surface area (Å²) in [6.45, 7) is 0. The Hall–Kier alpha value is -5.18. The van der Waals surface area contributed by atoms with Crippen LogP contribution in [0.3, 0.4) is 0 Å². The number of hydrogen-bond acceptors (Lipinski definition) is 7. The number of aromatic nitrogens is 8. The van der Waals surface area contributed by atoms with Gasteiger partial charge in [0, 0.05) is 71.3 Å². The second-order valence-electron chi connectivity index (χ2n) is 11.1. The van der Waals surface area contributed by atoms with Gasteiger partial charge in [0.15, 0.2) is 0 Å². The molecule has 0 aliphatic carbocycles. The third kappa shape index (κ3) is 5.60. The van der Waals surface area contributed by atoms with Crippen LogP contribution in [0.15, 0.2) is 98.4 Å². The maximum atomic E-state index is 5.67. The molecule has 2 aromatic carbocycles. The first-order chi connectivity index (χ1) is 23.0. The minimum atomic E-state index is 0. The van der Waals surface area contributed by atoms with E-state index >= 15 is 0 Å². The van der Waals surface area contributed by atoms with Crippen molar-refractivity contribution in [3.63, 3.8) is 0 Å². The predicted octanol–water partition coefficient (Wildman–Crippen LogP) is 5.96. The van der Waals surface area contributed by atoms with Crippen LogP contribution in [0.1, 0.15) is 0 Å². The normalized spacial score (nSPS) is 11.2. The fourth-order valence-corrected chi connectivity index (χ4v) is 5.58. The molecule has 0 unspecified atom stereocenters. The summed E-state index contributed by atoms with van der Waals surface area (Å²) in [5.74, 6) is 0. The zero-order valence-electron chi connectivity index (χ0n) is 25.8. The van der Waals surface area contributed by atoms with Crippen LogP contribution in [0.4, 0.5) is 0 Å². The Morgan fingerprint density at radius 1 is 0.714 bits per heavy atom. The van der Waals surface area contributed by atoms with Crippen molar-refractivity contribution in [3.8, 4) is 33.9 Å². The molecule has 0 amide bonds. The van der Waals surface area contributed by atoms with E-state index in [4.69, 9.17) is 17.7 Å². The van der Waals surface area contributed by atoms with Crippen molar-refractivity contribution in [3.05, 3.63) is 112 Å². The Bertz CT molecular complexity index is 2610. The Balaban J connectivity index is 0.000000148. The van der Waals surface area contributed by atoms with Gasteiger partial charge in [-0.1, -0.05) is 39.8 Å². The molecule has 0 atom stereocenters. The Morgan fingerprint density at radius 2 is 1.33 bits per heavy atom. The van der Waals surface area contributed by atoms with Gasteiger partial charge in [0.2, 0.25) is 6.33 Å². The summed E-state index contributed by atoms with van der Waals surface area (Å²) in [5.41, 5.74) is 8.02. The first-order valence-corrected chi connectivity index (χ1v) is 14.5. The van der Waals surface area contributed by atoms with E-state index in [1.54, 1.807) is 46.7 Å². The third-order valence-electron chi connectivity index (χ3n) is 7.84. The Kier molecular flexibility index (Phi) is 8.38. The van der Waals surface area contributed by atoms with Crippen molar-refractivity contribution < 1.29 is 64.4 Å². The smallest absolute Gasteiger partial charge is 0.508 e. The molecule has 12 nitrogen and oxygen atoms in total. The van der Waals surface area contributed by atoms with Crippen LogP contribution in [0, 0.1) is 31.1 Å². The molecule has 0 saturated heterocycles. The van der Waals surface area contributed by atoms with E-state index in [0.717, 1.165) is 61.0 Å². The second kappa shape index (κ2) is 12.7. The van der Waals surface area contributed by atoms with Crippen LogP contribution in [-0.4, -0.2) is 33.2 Å². The molecule has 8 heterocycles. The topological polar surface area (TPSA) is 115 Å². The van der Waals surface area contributed by atoms with Crippen molar-refractivity contribution in [2.45, 2.75) is 0 Å². The first-order valence-electron chi connectivity index (χ1n) is 14.5. The van der Waals surface area contributed by atoms with Gasteiger partial charge in [0.25, 0.3) is 0 Å². The molecule has 8 aromatic heterocycles. The molecule has 0 spiro atoms. The molecular formula is C35H22N8O4Pt2-2. The molecule has 0 aliphatic heterocycles. The fourth-order valence-electron chi connectivity index (χ4n) is 5.58. The summed E-state index contributed by atoms with van der Waals surface area (Å²) >= 11 is 0. The zero-order chi connectivity index (χ0) is 31.6. The number of nitrogens with zero attached hydrogens (tertiary/aromatic N) is 8. The summed E-state index contributed by atoms with van der Waals surface area (Å²) in [6.07, 6.45) is 28.6. The van der Waals surface area contributed by atoms with Crippen molar-refractivity contribution >= 4 is 43.9 Å². The maximum absolute atomic E-state index is 5.67. The predicted molar refractivity (Wildman–Crippen MR) is 168 cm³/mol. The number of benzene rings is 2. The van der Waals surface area contributed by atoms with Gasteiger partial charge in [-0.05, 0) is 30.1 Å². The molecule has 10 aromatic rings. The van der Waals surface area contributed by atoms with E-state index in [9.17, 15) is 0 Å². The number of hydrogen-bond donors (Lipinski definition) is 0. The van der Waals surface area contributed by atoms with E-state index in [-0.39, 0.29) is 42.1 Å². The number of furan rings is 4. The van der Waals surface area contributed by atoms with E-state index in [2.05, 4.69) is 46.1 Å². The van der Waals surface area contributed by atoms with Crippen LogP contribution in [0.2, 0.25) is 0 Å². The van der Waals surface area contributed by atoms with Crippen LogP contribution in [-0.2, 0) is 63.3 Å². The fraction of sp³-hybridized carbons (Fsp3) is 0.0857. The standard InChI is InChI=1S/C18H12N4O2.C17H10N4O2.2Pt/c1-20-3-4-22(11-20)16-9-24-18-6-17-12(5-13(16)18)14(8-23-17)15-7-21(2)10-19-15;1-20-6-14(19-10-20)13-7-22-16-5-17-12(4-11(13)16)15(8-23-17)21-3-2-18-9-21;;/h3-4,6-9H,1-2H3;2-3,5-8,10H,1H3;;/q2*-2;;+2. The van der Waals surface area contributed by atoms with Gasteiger partial charge >= 0.3 is 21.1 Å². The molecule has 0 aliphatic rings. The van der Waals surface area contributed by atoms with Gasteiger partial charge in [0.1, 0.15) is 0 Å².